The van der Waals surface area contributed by atoms with Gasteiger partial charge in [0.05, 0.1) is 21.3 Å². The molecule has 0 aliphatic carbocycles. The molecule has 24 heavy (non-hydrogen) atoms. The van der Waals surface area contributed by atoms with Gasteiger partial charge in [0.1, 0.15) is 0 Å². The zero-order chi connectivity index (χ0) is 16.5. The highest BCUT2D eigenvalue weighted by Gasteiger charge is 2.14. The number of hydrogen-bond acceptors (Lipinski definition) is 4. The summed E-state index contributed by atoms with van der Waals surface area (Å²) < 4.78 is 1.12. The lowest BCUT2D eigenvalue weighted by Crippen LogP contribution is -2.10. The van der Waals surface area contributed by atoms with Gasteiger partial charge in [-0.25, -0.2) is 4.98 Å². The van der Waals surface area contributed by atoms with Crippen molar-refractivity contribution in [1.29, 1.82) is 0 Å². The maximum Gasteiger partial charge on any atom is 0.265 e. The number of fused-ring (bicyclic) bond motifs is 1. The van der Waals surface area contributed by atoms with Crippen LogP contribution in [0.15, 0.2) is 60.0 Å². The molecule has 0 aliphatic heterocycles. The third kappa shape index (κ3) is 2.84. The van der Waals surface area contributed by atoms with Gasteiger partial charge in [-0.2, -0.15) is 0 Å². The lowest BCUT2D eigenvalue weighted by atomic mass is 10.1. The molecule has 0 fully saturated rings. The Kier molecular flexibility index (Phi) is 3.88. The van der Waals surface area contributed by atoms with Gasteiger partial charge in [-0.1, -0.05) is 36.4 Å². The van der Waals surface area contributed by atoms with Gasteiger partial charge in [0.15, 0.2) is 0 Å². The molecular weight excluding hydrogens is 336 g/mol. The monoisotopic (exact) mass is 350 g/mol. The minimum atomic E-state index is -0.0874. The zero-order valence-corrected chi connectivity index (χ0v) is 14.6. The number of thiophene rings is 1. The van der Waals surface area contributed by atoms with Crippen LogP contribution in [0, 0.1) is 6.92 Å². The number of carbonyl (C=O) groups is 1. The fourth-order valence-electron chi connectivity index (χ4n) is 2.58. The third-order valence-electron chi connectivity index (χ3n) is 3.72. The molecule has 0 aliphatic rings. The van der Waals surface area contributed by atoms with Crippen LogP contribution in [0.4, 0.5) is 5.69 Å². The van der Waals surface area contributed by atoms with Crippen molar-refractivity contribution in [3.05, 3.63) is 69.9 Å². The predicted molar refractivity (Wildman–Crippen MR) is 102 cm³/mol. The first-order valence-corrected chi connectivity index (χ1v) is 9.22. The predicted octanol–water partition coefficient (Wildman–Crippen LogP) is 5.59. The summed E-state index contributed by atoms with van der Waals surface area (Å²) in [7, 11) is 0. The number of hydrogen-bond donors (Lipinski definition) is 1. The quantitative estimate of drug-likeness (QED) is 0.523. The number of nitrogens with one attached hydrogen (secondary N) is 1. The number of anilines is 1. The maximum atomic E-state index is 12.7. The molecule has 0 atom stereocenters. The smallest absolute Gasteiger partial charge is 0.265 e. The second-order valence-corrected chi connectivity index (χ2v) is 7.55. The Morgan fingerprint density at radius 3 is 2.67 bits per heavy atom. The Bertz CT molecular complexity index is 999. The third-order valence-corrected chi connectivity index (χ3v) is 5.61. The molecule has 0 bridgehead atoms. The standard InChI is InChI=1S/C19H14N2OS2/c1-12-20-16(11-23-12)14-7-3-4-8-15(14)21-19(22)18-10-13-6-2-5-9-17(13)24-18/h2-11H,1H3,(H,21,22). The number of benzene rings is 2. The van der Waals surface area contributed by atoms with E-state index in [9.17, 15) is 4.79 Å². The van der Waals surface area contributed by atoms with Crippen molar-refractivity contribution in [3.8, 4) is 11.3 Å². The normalized spacial score (nSPS) is 10.9. The Balaban J connectivity index is 1.66. The highest BCUT2D eigenvalue weighted by molar-refractivity contribution is 7.20. The summed E-state index contributed by atoms with van der Waals surface area (Å²) in [5.41, 5.74) is 2.62. The summed E-state index contributed by atoms with van der Waals surface area (Å²) in [4.78, 5) is 17.9. The highest BCUT2D eigenvalue weighted by atomic mass is 32.1. The Morgan fingerprint density at radius 2 is 1.88 bits per heavy atom. The van der Waals surface area contributed by atoms with E-state index >= 15 is 0 Å². The van der Waals surface area contributed by atoms with Gasteiger partial charge in [0, 0.05) is 15.6 Å². The van der Waals surface area contributed by atoms with Crippen molar-refractivity contribution in [2.75, 3.05) is 5.32 Å². The van der Waals surface area contributed by atoms with Gasteiger partial charge in [0.2, 0.25) is 0 Å². The Morgan fingerprint density at radius 1 is 1.08 bits per heavy atom. The second kappa shape index (κ2) is 6.19. The van der Waals surface area contributed by atoms with Crippen LogP contribution in [0.25, 0.3) is 21.3 Å². The minimum absolute atomic E-state index is 0.0874. The number of amides is 1. The molecule has 1 amide bonds. The highest BCUT2D eigenvalue weighted by Crippen LogP contribution is 2.30. The van der Waals surface area contributed by atoms with E-state index in [2.05, 4.69) is 10.3 Å². The number of para-hydroxylation sites is 1. The molecule has 0 spiro atoms. The first-order valence-electron chi connectivity index (χ1n) is 7.52. The van der Waals surface area contributed by atoms with Gasteiger partial charge in [0.25, 0.3) is 5.91 Å². The van der Waals surface area contributed by atoms with Crippen LogP contribution in [0.2, 0.25) is 0 Å². The average molecular weight is 350 g/mol. The van der Waals surface area contributed by atoms with Crippen LogP contribution in [-0.4, -0.2) is 10.9 Å². The van der Waals surface area contributed by atoms with Crippen LogP contribution < -0.4 is 5.32 Å². The Labute approximate surface area is 147 Å². The molecule has 5 heteroatoms. The van der Waals surface area contributed by atoms with E-state index in [-0.39, 0.29) is 5.91 Å². The van der Waals surface area contributed by atoms with Crippen molar-refractivity contribution in [2.45, 2.75) is 6.92 Å². The molecule has 0 saturated heterocycles. The topological polar surface area (TPSA) is 42.0 Å². The number of rotatable bonds is 3. The van der Waals surface area contributed by atoms with E-state index in [0.29, 0.717) is 4.88 Å². The van der Waals surface area contributed by atoms with Crippen molar-refractivity contribution in [2.24, 2.45) is 0 Å². The summed E-state index contributed by atoms with van der Waals surface area (Å²) in [6, 6.07) is 17.7. The zero-order valence-electron chi connectivity index (χ0n) is 12.9. The average Bonchev–Trinajstić information content (AvgIpc) is 3.21. The van der Waals surface area contributed by atoms with E-state index in [1.165, 1.54) is 11.3 Å². The van der Waals surface area contributed by atoms with Crippen LogP contribution in [0.3, 0.4) is 0 Å². The maximum absolute atomic E-state index is 12.7. The number of aryl methyl sites for hydroxylation is 1. The molecule has 0 unspecified atom stereocenters. The molecule has 118 valence electrons. The van der Waals surface area contributed by atoms with Crippen LogP contribution in [-0.2, 0) is 0 Å². The number of nitrogens with zero attached hydrogens (tertiary/aromatic N) is 1. The van der Waals surface area contributed by atoms with E-state index in [1.807, 2.05) is 66.9 Å². The van der Waals surface area contributed by atoms with Crippen molar-refractivity contribution >= 4 is 44.4 Å². The van der Waals surface area contributed by atoms with Crippen molar-refractivity contribution in [1.82, 2.24) is 4.98 Å². The summed E-state index contributed by atoms with van der Waals surface area (Å²) >= 11 is 3.11. The van der Waals surface area contributed by atoms with E-state index in [1.54, 1.807) is 11.3 Å². The van der Waals surface area contributed by atoms with Gasteiger partial charge >= 0.3 is 0 Å². The molecule has 3 nitrogen and oxygen atoms in total. The van der Waals surface area contributed by atoms with Crippen molar-refractivity contribution in [3.63, 3.8) is 0 Å². The van der Waals surface area contributed by atoms with Gasteiger partial charge in [-0.15, -0.1) is 22.7 Å². The fraction of sp³-hybridized carbons (Fsp3) is 0.0526. The molecule has 2 aromatic carbocycles. The van der Waals surface area contributed by atoms with Crippen molar-refractivity contribution < 1.29 is 4.79 Å². The van der Waals surface area contributed by atoms with Gasteiger partial charge in [-0.05, 0) is 30.5 Å². The van der Waals surface area contributed by atoms with Crippen LogP contribution in [0.1, 0.15) is 14.7 Å². The minimum Gasteiger partial charge on any atom is -0.321 e. The second-order valence-electron chi connectivity index (χ2n) is 5.40. The van der Waals surface area contributed by atoms with Gasteiger partial charge in [-0.3, -0.25) is 4.79 Å². The molecule has 1 N–H and O–H groups in total. The summed E-state index contributed by atoms with van der Waals surface area (Å²) in [5.74, 6) is -0.0874. The molecule has 2 heterocycles. The molecule has 4 aromatic rings. The molecule has 0 saturated carbocycles. The van der Waals surface area contributed by atoms with Crippen LogP contribution in [0.5, 0.6) is 0 Å². The largest absolute Gasteiger partial charge is 0.321 e. The van der Waals surface area contributed by atoms with E-state index < -0.39 is 0 Å². The first kappa shape index (κ1) is 15.1. The number of aromatic nitrogens is 1. The van der Waals surface area contributed by atoms with Gasteiger partial charge < -0.3 is 5.32 Å². The van der Waals surface area contributed by atoms with Crippen LogP contribution >= 0.6 is 22.7 Å². The molecule has 2 aromatic heterocycles. The Hall–Kier alpha value is -2.50. The molecule has 4 rings (SSSR count). The fourth-order valence-corrected chi connectivity index (χ4v) is 4.15. The lowest BCUT2D eigenvalue weighted by Gasteiger charge is -2.08. The summed E-state index contributed by atoms with van der Waals surface area (Å²) in [6.07, 6.45) is 0. The summed E-state index contributed by atoms with van der Waals surface area (Å²) in [5, 5.41) is 7.15. The summed E-state index contributed by atoms with van der Waals surface area (Å²) in [6.45, 7) is 1.98. The SMILES string of the molecule is Cc1nc(-c2ccccc2NC(=O)c2cc3ccccc3s2)cs1. The van der Waals surface area contributed by atoms with E-state index in [0.717, 1.165) is 32.0 Å². The number of thiazole rings is 1. The first-order chi connectivity index (χ1) is 11.7. The lowest BCUT2D eigenvalue weighted by molar-refractivity contribution is 0.103. The molecule has 0 radical (unpaired) electrons. The van der Waals surface area contributed by atoms with E-state index in [4.69, 9.17) is 0 Å². The number of carbonyl (C=O) groups excluding carboxylic acids is 1. The molecular formula is C19H14N2OS2.